The van der Waals surface area contributed by atoms with E-state index >= 15 is 0 Å². The Labute approximate surface area is 42.2 Å². The molecule has 0 aromatic heterocycles. The van der Waals surface area contributed by atoms with Crippen LogP contribution in [0, 0.1) is 0 Å². The Morgan fingerprint density at radius 1 is 1.80 bits per heavy atom. The van der Waals surface area contributed by atoms with Gasteiger partial charge in [-0.15, -0.1) is 0 Å². The third-order valence-electron chi connectivity index (χ3n) is 0.674. The molecular formula is C3H5NW. The Hall–Kier alpha value is 0.518. The fourth-order valence-electron chi connectivity index (χ4n) is 0.227. The van der Waals surface area contributed by atoms with Crippen molar-refractivity contribution in [2.75, 3.05) is 6.54 Å². The van der Waals surface area contributed by atoms with Crippen LogP contribution in [0.15, 0.2) is 0 Å². The van der Waals surface area contributed by atoms with Crippen LogP contribution in [-0.2, 0) is 19.4 Å². The van der Waals surface area contributed by atoms with Crippen LogP contribution in [0.1, 0.15) is 6.42 Å². The number of hydrogen-bond donors (Lipinski definition) is 1. The van der Waals surface area contributed by atoms with Crippen molar-refractivity contribution in [1.29, 1.82) is 0 Å². The van der Waals surface area contributed by atoms with Gasteiger partial charge in [-0.3, -0.25) is 0 Å². The molecule has 0 amide bonds. The van der Waals surface area contributed by atoms with Gasteiger partial charge in [-0.1, -0.05) is 0 Å². The van der Waals surface area contributed by atoms with Crippen molar-refractivity contribution in [2.45, 2.75) is 6.42 Å². The van der Waals surface area contributed by atoms with Crippen LogP contribution in [0.4, 0.5) is 0 Å². The van der Waals surface area contributed by atoms with Gasteiger partial charge in [0.15, 0.2) is 0 Å². The molecule has 0 spiro atoms. The first-order chi connectivity index (χ1) is 2.39. The second-order valence-corrected chi connectivity index (χ2v) is 2.87. The number of nitrogens with one attached hydrogen (secondary N) is 1. The molecular weight excluding hydrogens is 234 g/mol. The van der Waals surface area contributed by atoms with Gasteiger partial charge >= 0.3 is 41.7 Å². The summed E-state index contributed by atoms with van der Waals surface area (Å²) in [6.07, 6.45) is 1.33. The maximum absolute atomic E-state index is 3.16. The van der Waals surface area contributed by atoms with Gasteiger partial charge in [0.25, 0.3) is 0 Å². The molecule has 1 N–H and O–H groups in total. The predicted octanol–water partition coefficient (Wildman–Crippen LogP) is -0.344. The fraction of sp³-hybridized carbons (Fsp3) is 0.667. The Balaban J connectivity index is 2.32. The molecule has 0 aromatic carbocycles. The van der Waals surface area contributed by atoms with Crippen LogP contribution >= 0.6 is 0 Å². The Morgan fingerprint density at radius 2 is 2.20 bits per heavy atom. The monoisotopic (exact) mass is 239 g/mol. The second kappa shape index (κ2) is 1.32. The van der Waals surface area contributed by atoms with E-state index < -0.39 is 0 Å². The normalized spacial score (nSPS) is 22.0. The molecule has 0 aliphatic carbocycles. The predicted molar refractivity (Wildman–Crippen MR) is 17.6 cm³/mol. The van der Waals surface area contributed by atoms with E-state index in [0.717, 1.165) is 0 Å². The number of rotatable bonds is 0. The van der Waals surface area contributed by atoms with Crippen molar-refractivity contribution in [2.24, 2.45) is 0 Å². The Kier molecular flexibility index (Phi) is 0.974. The van der Waals surface area contributed by atoms with Gasteiger partial charge < -0.3 is 0 Å². The quantitative estimate of drug-likeness (QED) is 0.609. The van der Waals surface area contributed by atoms with Crippen molar-refractivity contribution in [3.05, 3.63) is 0 Å². The minimum absolute atomic E-state index is 1.22. The zero-order valence-electron chi connectivity index (χ0n) is 2.82. The van der Waals surface area contributed by atoms with E-state index in [-0.39, 0.29) is 0 Å². The summed E-state index contributed by atoms with van der Waals surface area (Å²) in [5, 5.41) is 3.16. The zero-order chi connectivity index (χ0) is 3.70. The Morgan fingerprint density at radius 3 is 2.20 bits per heavy atom. The van der Waals surface area contributed by atoms with Crippen LogP contribution in [0.3, 0.4) is 0 Å². The zero-order valence-corrected chi connectivity index (χ0v) is 5.76. The van der Waals surface area contributed by atoms with Crippen molar-refractivity contribution in [3.8, 4) is 0 Å². The van der Waals surface area contributed by atoms with E-state index in [1.165, 1.54) is 17.0 Å². The summed E-state index contributed by atoms with van der Waals surface area (Å²) in [5.41, 5.74) is 0. The molecule has 1 aliphatic rings. The van der Waals surface area contributed by atoms with E-state index in [0.29, 0.717) is 0 Å². The Bertz CT molecular complexity index is 53.9. The van der Waals surface area contributed by atoms with Crippen LogP contribution in [-0.4, -0.2) is 10.6 Å². The van der Waals surface area contributed by atoms with Crippen molar-refractivity contribution < 1.29 is 19.4 Å². The molecule has 5 heavy (non-hydrogen) atoms. The third-order valence-corrected chi connectivity index (χ3v) is 1.93. The second-order valence-electron chi connectivity index (χ2n) is 1.10. The van der Waals surface area contributed by atoms with Crippen LogP contribution < -0.4 is 5.32 Å². The average Bonchev–Trinajstić information content (AvgIpc) is 1.30. The summed E-state index contributed by atoms with van der Waals surface area (Å²) in [6, 6.07) is 0. The molecule has 1 aliphatic heterocycles. The van der Waals surface area contributed by atoms with Gasteiger partial charge in [0.1, 0.15) is 0 Å². The van der Waals surface area contributed by atoms with E-state index in [4.69, 9.17) is 0 Å². The van der Waals surface area contributed by atoms with E-state index in [1.807, 2.05) is 0 Å². The SMILES string of the molecule is [W]=[C]1CCN1. The molecule has 28 valence electrons. The fourth-order valence-corrected chi connectivity index (χ4v) is 0.960. The summed E-state index contributed by atoms with van der Waals surface area (Å²) >= 11 is 1.60. The van der Waals surface area contributed by atoms with Crippen LogP contribution in [0.5, 0.6) is 0 Å². The summed E-state index contributed by atoms with van der Waals surface area (Å²) in [6.45, 7) is 1.22. The first-order valence-electron chi connectivity index (χ1n) is 1.66. The van der Waals surface area contributed by atoms with Gasteiger partial charge in [-0.25, -0.2) is 0 Å². The minimum atomic E-state index is 1.22. The molecule has 0 radical (unpaired) electrons. The van der Waals surface area contributed by atoms with Crippen molar-refractivity contribution >= 4 is 4.02 Å². The molecule has 0 bridgehead atoms. The summed E-state index contributed by atoms with van der Waals surface area (Å²) in [7, 11) is 0. The van der Waals surface area contributed by atoms with Crippen molar-refractivity contribution in [1.82, 2.24) is 5.32 Å². The standard InChI is InChI=1S/C3H5N.W/c1-2-4-3-1;/h4H,1-2H2;. The van der Waals surface area contributed by atoms with Gasteiger partial charge in [-0.2, -0.15) is 0 Å². The number of hydrogen-bond acceptors (Lipinski definition) is 1. The summed E-state index contributed by atoms with van der Waals surface area (Å²) < 4.78 is 1.52. The molecule has 0 unspecified atom stereocenters. The van der Waals surface area contributed by atoms with Crippen LogP contribution in [0.2, 0.25) is 0 Å². The molecule has 0 saturated carbocycles. The van der Waals surface area contributed by atoms with Crippen LogP contribution in [0.25, 0.3) is 0 Å². The summed E-state index contributed by atoms with van der Waals surface area (Å²) in [5.74, 6) is 0. The molecule has 1 saturated heterocycles. The molecule has 1 nitrogen and oxygen atoms in total. The molecule has 2 heteroatoms. The van der Waals surface area contributed by atoms with Crippen molar-refractivity contribution in [3.63, 3.8) is 0 Å². The van der Waals surface area contributed by atoms with E-state index in [9.17, 15) is 0 Å². The maximum atomic E-state index is 3.16. The topological polar surface area (TPSA) is 12.0 Å². The molecule has 1 fully saturated rings. The molecule has 0 atom stereocenters. The van der Waals surface area contributed by atoms with E-state index in [2.05, 4.69) is 5.32 Å². The first-order valence-corrected chi connectivity index (χ1v) is 3.13. The molecule has 1 heterocycles. The van der Waals surface area contributed by atoms with E-state index in [1.54, 1.807) is 19.4 Å². The first kappa shape index (κ1) is 3.70. The average molecular weight is 239 g/mol. The van der Waals surface area contributed by atoms with Gasteiger partial charge in [0.2, 0.25) is 0 Å². The van der Waals surface area contributed by atoms with Gasteiger partial charge in [0, 0.05) is 0 Å². The van der Waals surface area contributed by atoms with Gasteiger partial charge in [-0.05, 0) is 0 Å². The summed E-state index contributed by atoms with van der Waals surface area (Å²) in [4.78, 5) is 0. The molecule has 0 aromatic rings. The third kappa shape index (κ3) is 0.674. The molecule has 1 rings (SSSR count). The van der Waals surface area contributed by atoms with Gasteiger partial charge in [0.05, 0.1) is 0 Å².